The number of hydrogen-bond donors (Lipinski definition) is 1. The van der Waals surface area contributed by atoms with Gasteiger partial charge in [0.15, 0.2) is 0 Å². The van der Waals surface area contributed by atoms with Crippen LogP contribution in [0.25, 0.3) is 0 Å². The van der Waals surface area contributed by atoms with Crippen molar-refractivity contribution in [3.8, 4) is 0 Å². The summed E-state index contributed by atoms with van der Waals surface area (Å²) in [5, 5.41) is 9.20. The first kappa shape index (κ1) is 17.4. The highest BCUT2D eigenvalue weighted by atomic mass is 19.1. The highest BCUT2D eigenvalue weighted by molar-refractivity contribution is 5.80. The van der Waals surface area contributed by atoms with Gasteiger partial charge in [-0.15, -0.1) is 0 Å². The quantitative estimate of drug-likeness (QED) is 0.907. The average Bonchev–Trinajstić information content (AvgIpc) is 2.52. The van der Waals surface area contributed by atoms with E-state index in [0.29, 0.717) is 31.4 Å². The molecule has 0 saturated carbocycles. The SMILES string of the molecule is CC1CC(C(=O)O)CN(C(=O)C(C)CCc2ccccc2F)C1. The summed E-state index contributed by atoms with van der Waals surface area (Å²) in [6.07, 6.45) is 1.68. The summed E-state index contributed by atoms with van der Waals surface area (Å²) in [5.41, 5.74) is 0.613. The molecule has 1 aliphatic heterocycles. The number of likely N-dealkylation sites (tertiary alicyclic amines) is 1. The zero-order valence-electron chi connectivity index (χ0n) is 13.7. The van der Waals surface area contributed by atoms with Gasteiger partial charge in [0.25, 0.3) is 0 Å². The summed E-state index contributed by atoms with van der Waals surface area (Å²) < 4.78 is 13.6. The van der Waals surface area contributed by atoms with E-state index in [4.69, 9.17) is 0 Å². The van der Waals surface area contributed by atoms with E-state index in [2.05, 4.69) is 0 Å². The lowest BCUT2D eigenvalue weighted by Crippen LogP contribution is -2.47. The van der Waals surface area contributed by atoms with Gasteiger partial charge in [-0.25, -0.2) is 4.39 Å². The number of carboxylic acid groups (broad SMARTS) is 1. The molecular weight excluding hydrogens is 297 g/mol. The van der Waals surface area contributed by atoms with Crippen molar-refractivity contribution in [2.45, 2.75) is 33.1 Å². The number of amides is 1. The number of benzene rings is 1. The Bertz CT molecular complexity index is 575. The molecule has 23 heavy (non-hydrogen) atoms. The van der Waals surface area contributed by atoms with Crippen molar-refractivity contribution in [1.82, 2.24) is 4.90 Å². The van der Waals surface area contributed by atoms with Crippen molar-refractivity contribution in [3.63, 3.8) is 0 Å². The summed E-state index contributed by atoms with van der Waals surface area (Å²) in [7, 11) is 0. The fourth-order valence-corrected chi connectivity index (χ4v) is 3.22. The molecule has 0 aromatic heterocycles. The van der Waals surface area contributed by atoms with Gasteiger partial charge in [0.1, 0.15) is 5.82 Å². The number of hydrogen-bond acceptors (Lipinski definition) is 2. The third kappa shape index (κ3) is 4.53. The van der Waals surface area contributed by atoms with Crippen molar-refractivity contribution in [3.05, 3.63) is 35.6 Å². The number of aryl methyl sites for hydroxylation is 1. The number of carboxylic acids is 1. The van der Waals surface area contributed by atoms with Gasteiger partial charge in [-0.1, -0.05) is 32.0 Å². The summed E-state index contributed by atoms with van der Waals surface area (Å²) in [5.74, 6) is -1.65. The van der Waals surface area contributed by atoms with Crippen LogP contribution in [0.4, 0.5) is 4.39 Å². The van der Waals surface area contributed by atoms with E-state index in [9.17, 15) is 19.1 Å². The Kier molecular flexibility index (Phi) is 5.74. The molecule has 5 heteroatoms. The van der Waals surface area contributed by atoms with E-state index in [-0.39, 0.29) is 30.1 Å². The van der Waals surface area contributed by atoms with Gasteiger partial charge in [0, 0.05) is 19.0 Å². The number of halogens is 1. The van der Waals surface area contributed by atoms with Crippen LogP contribution in [-0.2, 0) is 16.0 Å². The molecule has 1 aliphatic rings. The smallest absolute Gasteiger partial charge is 0.308 e. The fourth-order valence-electron chi connectivity index (χ4n) is 3.22. The molecular formula is C18H24FNO3. The van der Waals surface area contributed by atoms with Crippen LogP contribution in [0, 0.1) is 23.6 Å². The van der Waals surface area contributed by atoms with Gasteiger partial charge in [-0.3, -0.25) is 9.59 Å². The highest BCUT2D eigenvalue weighted by Crippen LogP contribution is 2.24. The monoisotopic (exact) mass is 321 g/mol. The first-order chi connectivity index (χ1) is 10.9. The predicted molar refractivity (Wildman–Crippen MR) is 85.4 cm³/mol. The lowest BCUT2D eigenvalue weighted by molar-refractivity contribution is -0.148. The first-order valence-corrected chi connectivity index (χ1v) is 8.13. The topological polar surface area (TPSA) is 57.6 Å². The molecule has 1 N–H and O–H groups in total. The Morgan fingerprint density at radius 1 is 1.35 bits per heavy atom. The molecule has 0 spiro atoms. The molecule has 3 atom stereocenters. The lowest BCUT2D eigenvalue weighted by Gasteiger charge is -2.36. The standard InChI is InChI=1S/C18H24FNO3/c1-12-9-15(18(22)23)11-20(10-12)17(21)13(2)7-8-14-5-3-4-6-16(14)19/h3-6,12-13,15H,7-11H2,1-2H3,(H,22,23). The summed E-state index contributed by atoms with van der Waals surface area (Å²) in [6.45, 7) is 4.69. The Labute approximate surface area is 136 Å². The van der Waals surface area contributed by atoms with E-state index >= 15 is 0 Å². The molecule has 0 aliphatic carbocycles. The largest absolute Gasteiger partial charge is 0.481 e. The van der Waals surface area contributed by atoms with Gasteiger partial charge in [-0.2, -0.15) is 0 Å². The summed E-state index contributed by atoms with van der Waals surface area (Å²) in [6, 6.07) is 6.59. The number of carbonyl (C=O) groups is 2. The van der Waals surface area contributed by atoms with Crippen molar-refractivity contribution in [1.29, 1.82) is 0 Å². The molecule has 1 aromatic rings. The normalized spacial score (nSPS) is 22.7. The molecule has 1 saturated heterocycles. The second kappa shape index (κ2) is 7.57. The minimum atomic E-state index is -0.839. The fraction of sp³-hybridized carbons (Fsp3) is 0.556. The van der Waals surface area contributed by atoms with Crippen molar-refractivity contribution < 1.29 is 19.1 Å². The van der Waals surface area contributed by atoms with Crippen molar-refractivity contribution in [2.24, 2.45) is 17.8 Å². The van der Waals surface area contributed by atoms with Crippen LogP contribution < -0.4 is 0 Å². The minimum absolute atomic E-state index is 0.0286. The maximum atomic E-state index is 13.6. The zero-order chi connectivity index (χ0) is 17.0. The third-order valence-corrected chi connectivity index (χ3v) is 4.55. The second-order valence-corrected chi connectivity index (χ2v) is 6.65. The first-order valence-electron chi connectivity index (χ1n) is 8.13. The van der Waals surface area contributed by atoms with Crippen LogP contribution in [0.5, 0.6) is 0 Å². The molecule has 4 nitrogen and oxygen atoms in total. The molecule has 2 rings (SSSR count). The maximum absolute atomic E-state index is 13.6. The Morgan fingerprint density at radius 2 is 2.04 bits per heavy atom. The van der Waals surface area contributed by atoms with E-state index in [0.717, 1.165) is 0 Å². The number of rotatable bonds is 5. The lowest BCUT2D eigenvalue weighted by atomic mass is 9.89. The zero-order valence-corrected chi connectivity index (χ0v) is 13.7. The van der Waals surface area contributed by atoms with Gasteiger partial charge in [-0.05, 0) is 36.8 Å². The molecule has 1 amide bonds. The summed E-state index contributed by atoms with van der Waals surface area (Å²) in [4.78, 5) is 25.4. The number of piperidine rings is 1. The molecule has 126 valence electrons. The van der Waals surface area contributed by atoms with E-state index < -0.39 is 11.9 Å². The average molecular weight is 321 g/mol. The molecule has 1 heterocycles. The van der Waals surface area contributed by atoms with Crippen LogP contribution in [0.2, 0.25) is 0 Å². The van der Waals surface area contributed by atoms with Crippen LogP contribution in [0.15, 0.2) is 24.3 Å². The van der Waals surface area contributed by atoms with E-state index in [1.54, 1.807) is 23.1 Å². The minimum Gasteiger partial charge on any atom is -0.481 e. The van der Waals surface area contributed by atoms with Gasteiger partial charge >= 0.3 is 5.97 Å². The van der Waals surface area contributed by atoms with Crippen LogP contribution in [0.3, 0.4) is 0 Å². The Balaban J connectivity index is 1.93. The number of aliphatic carboxylic acids is 1. The van der Waals surface area contributed by atoms with E-state index in [1.807, 2.05) is 13.8 Å². The molecule has 1 fully saturated rings. The number of nitrogens with zero attached hydrogens (tertiary/aromatic N) is 1. The maximum Gasteiger partial charge on any atom is 0.308 e. The number of carbonyl (C=O) groups excluding carboxylic acids is 1. The van der Waals surface area contributed by atoms with Crippen LogP contribution in [-0.4, -0.2) is 35.0 Å². The predicted octanol–water partition coefficient (Wildman–Crippen LogP) is 2.96. The highest BCUT2D eigenvalue weighted by Gasteiger charge is 2.33. The van der Waals surface area contributed by atoms with Crippen molar-refractivity contribution in [2.75, 3.05) is 13.1 Å². The third-order valence-electron chi connectivity index (χ3n) is 4.55. The van der Waals surface area contributed by atoms with Gasteiger partial charge < -0.3 is 10.0 Å². The molecule has 0 radical (unpaired) electrons. The second-order valence-electron chi connectivity index (χ2n) is 6.65. The van der Waals surface area contributed by atoms with E-state index in [1.165, 1.54) is 6.07 Å². The van der Waals surface area contributed by atoms with Crippen LogP contribution >= 0.6 is 0 Å². The Morgan fingerprint density at radius 3 is 2.70 bits per heavy atom. The Hall–Kier alpha value is -1.91. The summed E-state index contributed by atoms with van der Waals surface area (Å²) >= 11 is 0. The van der Waals surface area contributed by atoms with Crippen molar-refractivity contribution >= 4 is 11.9 Å². The van der Waals surface area contributed by atoms with Gasteiger partial charge in [0.2, 0.25) is 5.91 Å². The van der Waals surface area contributed by atoms with Gasteiger partial charge in [0.05, 0.1) is 5.92 Å². The van der Waals surface area contributed by atoms with Crippen LogP contribution in [0.1, 0.15) is 32.3 Å². The molecule has 3 unspecified atom stereocenters. The molecule has 1 aromatic carbocycles. The molecule has 0 bridgehead atoms.